The number of rotatable bonds is 6. The average molecular weight is 267 g/mol. The van der Waals surface area contributed by atoms with E-state index >= 15 is 0 Å². The van der Waals surface area contributed by atoms with Gasteiger partial charge in [-0.05, 0) is 44.8 Å². The molecule has 102 valence electrons. The van der Waals surface area contributed by atoms with Crippen molar-refractivity contribution in [1.82, 2.24) is 15.2 Å². The lowest BCUT2D eigenvalue weighted by Gasteiger charge is -2.29. The second kappa shape index (κ2) is 7.22. The third kappa shape index (κ3) is 4.34. The third-order valence-corrected chi connectivity index (χ3v) is 4.45. The van der Waals surface area contributed by atoms with E-state index in [-0.39, 0.29) is 0 Å². The third-order valence-electron chi connectivity index (χ3n) is 3.57. The minimum Gasteiger partial charge on any atom is -0.311 e. The summed E-state index contributed by atoms with van der Waals surface area (Å²) in [5.74, 6) is 0.909. The standard InChI is InChI=1S/C14H25N3S/c1-3-6-15-9-13-11-18-14(16-13)10-17-7-4-12(2)5-8-17/h11-12,15H,3-10H2,1-2H3. The van der Waals surface area contributed by atoms with Gasteiger partial charge < -0.3 is 5.32 Å². The van der Waals surface area contributed by atoms with E-state index in [0.717, 1.165) is 25.6 Å². The van der Waals surface area contributed by atoms with E-state index in [1.165, 1.54) is 43.1 Å². The molecule has 0 radical (unpaired) electrons. The molecule has 1 aromatic rings. The summed E-state index contributed by atoms with van der Waals surface area (Å²) in [6.07, 6.45) is 3.87. The van der Waals surface area contributed by atoms with E-state index in [9.17, 15) is 0 Å². The molecule has 1 aliphatic heterocycles. The molecule has 0 amide bonds. The van der Waals surface area contributed by atoms with E-state index < -0.39 is 0 Å². The molecule has 0 atom stereocenters. The highest BCUT2D eigenvalue weighted by molar-refractivity contribution is 7.09. The lowest BCUT2D eigenvalue weighted by molar-refractivity contribution is 0.185. The summed E-state index contributed by atoms with van der Waals surface area (Å²) in [6, 6.07) is 0. The fourth-order valence-electron chi connectivity index (χ4n) is 2.31. The van der Waals surface area contributed by atoms with Crippen molar-refractivity contribution in [1.29, 1.82) is 0 Å². The van der Waals surface area contributed by atoms with Crippen LogP contribution >= 0.6 is 11.3 Å². The minimum absolute atomic E-state index is 0.909. The Morgan fingerprint density at radius 3 is 2.94 bits per heavy atom. The van der Waals surface area contributed by atoms with Crippen molar-refractivity contribution in [3.05, 3.63) is 16.1 Å². The lowest BCUT2D eigenvalue weighted by atomic mass is 9.99. The fraction of sp³-hybridized carbons (Fsp3) is 0.786. The van der Waals surface area contributed by atoms with Gasteiger partial charge in [0.05, 0.1) is 12.2 Å². The predicted molar refractivity (Wildman–Crippen MR) is 77.8 cm³/mol. The number of piperidine rings is 1. The molecular formula is C14H25N3S. The van der Waals surface area contributed by atoms with Gasteiger partial charge in [-0.1, -0.05) is 13.8 Å². The molecule has 0 spiro atoms. The van der Waals surface area contributed by atoms with Crippen LogP contribution in [0.25, 0.3) is 0 Å². The number of likely N-dealkylation sites (tertiary alicyclic amines) is 1. The maximum Gasteiger partial charge on any atom is 0.107 e. The zero-order valence-corrected chi connectivity index (χ0v) is 12.4. The van der Waals surface area contributed by atoms with Gasteiger partial charge >= 0.3 is 0 Å². The van der Waals surface area contributed by atoms with Crippen LogP contribution in [0.4, 0.5) is 0 Å². The Balaban J connectivity index is 1.76. The molecule has 2 heterocycles. The molecule has 1 aromatic heterocycles. The Hall–Kier alpha value is -0.450. The molecule has 0 unspecified atom stereocenters. The van der Waals surface area contributed by atoms with Crippen molar-refractivity contribution in [2.75, 3.05) is 19.6 Å². The van der Waals surface area contributed by atoms with Gasteiger partial charge in [0.25, 0.3) is 0 Å². The van der Waals surface area contributed by atoms with Gasteiger partial charge in [0.15, 0.2) is 0 Å². The van der Waals surface area contributed by atoms with Gasteiger partial charge in [0.2, 0.25) is 0 Å². The fourth-order valence-corrected chi connectivity index (χ4v) is 3.14. The first-order valence-corrected chi connectivity index (χ1v) is 8.02. The van der Waals surface area contributed by atoms with Crippen LogP contribution in [0.15, 0.2) is 5.38 Å². The smallest absolute Gasteiger partial charge is 0.107 e. The summed E-state index contributed by atoms with van der Waals surface area (Å²) >= 11 is 1.81. The van der Waals surface area contributed by atoms with E-state index in [0.29, 0.717) is 0 Å². The van der Waals surface area contributed by atoms with E-state index in [1.807, 2.05) is 11.3 Å². The van der Waals surface area contributed by atoms with Crippen molar-refractivity contribution in [2.24, 2.45) is 5.92 Å². The molecule has 3 nitrogen and oxygen atoms in total. The molecule has 1 aliphatic rings. The average Bonchev–Trinajstić information content (AvgIpc) is 2.80. The second-order valence-corrected chi connectivity index (χ2v) is 6.31. The molecule has 1 saturated heterocycles. The quantitative estimate of drug-likeness (QED) is 0.803. The van der Waals surface area contributed by atoms with Gasteiger partial charge in [-0.15, -0.1) is 11.3 Å². The van der Waals surface area contributed by atoms with Crippen molar-refractivity contribution in [3.8, 4) is 0 Å². The molecule has 4 heteroatoms. The van der Waals surface area contributed by atoms with Crippen molar-refractivity contribution < 1.29 is 0 Å². The van der Waals surface area contributed by atoms with Gasteiger partial charge in [-0.25, -0.2) is 4.98 Å². The highest BCUT2D eigenvalue weighted by Crippen LogP contribution is 2.19. The summed E-state index contributed by atoms with van der Waals surface area (Å²) in [5, 5.41) is 6.88. The first-order chi connectivity index (χ1) is 8.78. The summed E-state index contributed by atoms with van der Waals surface area (Å²) < 4.78 is 0. The molecule has 1 N–H and O–H groups in total. The van der Waals surface area contributed by atoms with Crippen LogP contribution in [-0.4, -0.2) is 29.5 Å². The Morgan fingerprint density at radius 1 is 1.44 bits per heavy atom. The predicted octanol–water partition coefficient (Wildman–Crippen LogP) is 2.87. The number of thiazole rings is 1. The molecule has 0 aliphatic carbocycles. The number of aromatic nitrogens is 1. The van der Waals surface area contributed by atoms with Gasteiger partial charge in [-0.3, -0.25) is 4.90 Å². The molecule has 1 fully saturated rings. The monoisotopic (exact) mass is 267 g/mol. The molecule has 0 bridgehead atoms. The first-order valence-electron chi connectivity index (χ1n) is 7.14. The van der Waals surface area contributed by atoms with E-state index in [1.54, 1.807) is 0 Å². The second-order valence-electron chi connectivity index (χ2n) is 5.37. The Morgan fingerprint density at radius 2 is 2.22 bits per heavy atom. The number of nitrogens with one attached hydrogen (secondary N) is 1. The zero-order chi connectivity index (χ0) is 12.8. The minimum atomic E-state index is 0.909. The highest BCUT2D eigenvalue weighted by atomic mass is 32.1. The zero-order valence-electron chi connectivity index (χ0n) is 11.6. The summed E-state index contributed by atoms with van der Waals surface area (Å²) in [6.45, 7) is 10.1. The lowest BCUT2D eigenvalue weighted by Crippen LogP contribution is -2.32. The SMILES string of the molecule is CCCNCc1csc(CN2CCC(C)CC2)n1. The van der Waals surface area contributed by atoms with Crippen LogP contribution in [0.5, 0.6) is 0 Å². The van der Waals surface area contributed by atoms with Crippen LogP contribution in [0.1, 0.15) is 43.8 Å². The number of hydrogen-bond acceptors (Lipinski definition) is 4. The highest BCUT2D eigenvalue weighted by Gasteiger charge is 2.16. The maximum atomic E-state index is 4.71. The Kier molecular flexibility index (Phi) is 5.60. The molecule has 0 saturated carbocycles. The summed E-state index contributed by atoms with van der Waals surface area (Å²) in [4.78, 5) is 7.25. The van der Waals surface area contributed by atoms with Crippen LogP contribution in [0.2, 0.25) is 0 Å². The maximum absolute atomic E-state index is 4.71. The summed E-state index contributed by atoms with van der Waals surface area (Å²) in [5.41, 5.74) is 1.20. The summed E-state index contributed by atoms with van der Waals surface area (Å²) in [7, 11) is 0. The molecular weight excluding hydrogens is 242 g/mol. The van der Waals surface area contributed by atoms with Gasteiger partial charge in [0, 0.05) is 11.9 Å². The molecule has 0 aromatic carbocycles. The van der Waals surface area contributed by atoms with E-state index in [2.05, 4.69) is 29.4 Å². The van der Waals surface area contributed by atoms with Crippen molar-refractivity contribution in [3.63, 3.8) is 0 Å². The first kappa shape index (κ1) is 14.0. The van der Waals surface area contributed by atoms with Crippen LogP contribution in [0.3, 0.4) is 0 Å². The molecule has 2 rings (SSSR count). The van der Waals surface area contributed by atoms with Crippen LogP contribution in [0, 0.1) is 5.92 Å². The van der Waals surface area contributed by atoms with E-state index in [4.69, 9.17) is 4.98 Å². The van der Waals surface area contributed by atoms with Crippen LogP contribution < -0.4 is 5.32 Å². The van der Waals surface area contributed by atoms with Crippen LogP contribution in [-0.2, 0) is 13.1 Å². The Labute approximate surface area is 115 Å². The largest absolute Gasteiger partial charge is 0.311 e. The normalized spacial score (nSPS) is 18.3. The Bertz CT molecular complexity index is 343. The number of nitrogens with zero attached hydrogens (tertiary/aromatic N) is 2. The van der Waals surface area contributed by atoms with Crippen molar-refractivity contribution in [2.45, 2.75) is 46.2 Å². The topological polar surface area (TPSA) is 28.2 Å². The van der Waals surface area contributed by atoms with Crippen molar-refractivity contribution >= 4 is 11.3 Å². The number of hydrogen-bond donors (Lipinski definition) is 1. The van der Waals surface area contributed by atoms with Gasteiger partial charge in [0.1, 0.15) is 5.01 Å². The molecule has 18 heavy (non-hydrogen) atoms. The van der Waals surface area contributed by atoms with Gasteiger partial charge in [-0.2, -0.15) is 0 Å².